The Morgan fingerprint density at radius 2 is 1.70 bits per heavy atom. The maximum absolute atomic E-state index is 11.3. The van der Waals surface area contributed by atoms with Crippen molar-refractivity contribution in [1.29, 1.82) is 5.26 Å². The van der Waals surface area contributed by atoms with E-state index in [9.17, 15) is 15.2 Å². The van der Waals surface area contributed by atoms with Crippen molar-refractivity contribution in [2.45, 2.75) is 26.7 Å². The number of carbonyl (C=O) groups is 1. The number of carboxylic acid groups (broad SMARTS) is 1. The Morgan fingerprint density at radius 3 is 2.45 bits per heavy atom. The van der Waals surface area contributed by atoms with Gasteiger partial charge < -0.3 is 14.6 Å². The third-order valence-electron chi connectivity index (χ3n) is 7.18. The molecule has 1 heterocycles. The van der Waals surface area contributed by atoms with E-state index in [1.165, 1.54) is 0 Å². The lowest BCUT2D eigenvalue weighted by Gasteiger charge is -2.37. The summed E-state index contributed by atoms with van der Waals surface area (Å²) in [6, 6.07) is 29.5. The van der Waals surface area contributed by atoms with Crippen molar-refractivity contribution in [2.24, 2.45) is 5.92 Å². The van der Waals surface area contributed by atoms with Crippen molar-refractivity contribution in [3.63, 3.8) is 0 Å². The Hall–Kier alpha value is -4.31. The van der Waals surface area contributed by atoms with Crippen LogP contribution in [0.5, 0.6) is 11.5 Å². The van der Waals surface area contributed by atoms with Gasteiger partial charge in [0.05, 0.1) is 22.6 Å². The van der Waals surface area contributed by atoms with E-state index < -0.39 is 5.97 Å². The standard InChI is InChI=1S/C33H29ClN2O4/c1-22-26(11-6-12-29(22)25-9-3-2-4-10-25)21-40-32-15-31(39-20-24-8-5-7-23(13-24)16-35)27(14-30(32)34)17-36-18-28(19-36)33(37)38/h2-15,28H,17-21H2,1H3,(H,37,38). The van der Waals surface area contributed by atoms with Crippen LogP contribution in [0, 0.1) is 24.2 Å². The first kappa shape index (κ1) is 27.3. The van der Waals surface area contributed by atoms with Crippen LogP contribution in [0.1, 0.15) is 27.8 Å². The van der Waals surface area contributed by atoms with Crippen LogP contribution in [0.15, 0.2) is 84.9 Å². The number of hydrogen-bond acceptors (Lipinski definition) is 5. The van der Waals surface area contributed by atoms with Crippen LogP contribution in [0.2, 0.25) is 5.02 Å². The Balaban J connectivity index is 1.37. The smallest absolute Gasteiger partial charge is 0.309 e. The average molecular weight is 553 g/mol. The van der Waals surface area contributed by atoms with Crippen LogP contribution in [-0.2, 0) is 24.6 Å². The van der Waals surface area contributed by atoms with E-state index in [1.807, 2.05) is 53.4 Å². The summed E-state index contributed by atoms with van der Waals surface area (Å²) in [5.74, 6) is -0.0254. The number of likely N-dealkylation sites (tertiary alicyclic amines) is 1. The number of benzene rings is 4. The second kappa shape index (κ2) is 12.3. The Bertz CT molecular complexity index is 1560. The van der Waals surface area contributed by atoms with Crippen LogP contribution in [0.4, 0.5) is 0 Å². The molecule has 7 heteroatoms. The highest BCUT2D eigenvalue weighted by Crippen LogP contribution is 2.36. The molecule has 0 bridgehead atoms. The molecular formula is C33H29ClN2O4. The summed E-state index contributed by atoms with van der Waals surface area (Å²) < 4.78 is 12.5. The zero-order chi connectivity index (χ0) is 28.1. The van der Waals surface area contributed by atoms with Gasteiger partial charge in [-0.1, -0.05) is 72.3 Å². The topological polar surface area (TPSA) is 82.8 Å². The van der Waals surface area contributed by atoms with Gasteiger partial charge in [0.2, 0.25) is 0 Å². The minimum atomic E-state index is -0.779. The molecule has 0 aromatic heterocycles. The van der Waals surface area contributed by atoms with Crippen molar-refractivity contribution in [1.82, 2.24) is 4.90 Å². The molecule has 4 aromatic carbocycles. The number of ether oxygens (including phenoxy) is 2. The molecule has 0 amide bonds. The summed E-state index contributed by atoms with van der Waals surface area (Å²) in [4.78, 5) is 13.3. The second-order valence-electron chi connectivity index (χ2n) is 9.96. The highest BCUT2D eigenvalue weighted by atomic mass is 35.5. The first-order valence-electron chi connectivity index (χ1n) is 13.1. The maximum Gasteiger partial charge on any atom is 0.309 e. The molecule has 6 nitrogen and oxygen atoms in total. The van der Waals surface area contributed by atoms with E-state index in [1.54, 1.807) is 18.2 Å². The van der Waals surface area contributed by atoms with Crippen LogP contribution < -0.4 is 9.47 Å². The molecule has 0 radical (unpaired) electrons. The highest BCUT2D eigenvalue weighted by molar-refractivity contribution is 6.32. The van der Waals surface area contributed by atoms with Crippen molar-refractivity contribution in [3.8, 4) is 28.7 Å². The second-order valence-corrected chi connectivity index (χ2v) is 10.4. The van der Waals surface area contributed by atoms with Crippen LogP contribution in [0.3, 0.4) is 0 Å². The fraction of sp³-hybridized carbons (Fsp3) is 0.212. The summed E-state index contributed by atoms with van der Waals surface area (Å²) in [5.41, 5.74) is 6.77. The molecule has 0 saturated carbocycles. The summed E-state index contributed by atoms with van der Waals surface area (Å²) >= 11 is 6.69. The van der Waals surface area contributed by atoms with Crippen LogP contribution >= 0.6 is 11.6 Å². The van der Waals surface area contributed by atoms with Gasteiger partial charge in [-0.05, 0) is 52.9 Å². The first-order valence-corrected chi connectivity index (χ1v) is 13.4. The summed E-state index contributed by atoms with van der Waals surface area (Å²) in [6.45, 7) is 4.15. The van der Waals surface area contributed by atoms with E-state index in [-0.39, 0.29) is 12.5 Å². The van der Waals surface area contributed by atoms with Crippen molar-refractivity contribution in [3.05, 3.63) is 118 Å². The molecule has 0 aliphatic carbocycles. The molecule has 1 saturated heterocycles. The molecule has 202 valence electrons. The molecule has 40 heavy (non-hydrogen) atoms. The fourth-order valence-electron chi connectivity index (χ4n) is 4.86. The Labute approximate surface area is 239 Å². The number of rotatable bonds is 10. The van der Waals surface area contributed by atoms with Gasteiger partial charge in [-0.25, -0.2) is 0 Å². The zero-order valence-corrected chi connectivity index (χ0v) is 22.9. The molecule has 1 N–H and O–H groups in total. The molecule has 1 aliphatic rings. The van der Waals surface area contributed by atoms with Crippen molar-refractivity contribution >= 4 is 17.6 Å². The highest BCUT2D eigenvalue weighted by Gasteiger charge is 2.33. The number of halogens is 1. The zero-order valence-electron chi connectivity index (χ0n) is 22.1. The van der Waals surface area contributed by atoms with Gasteiger partial charge in [0.25, 0.3) is 0 Å². The van der Waals surface area contributed by atoms with Gasteiger partial charge in [0.15, 0.2) is 0 Å². The summed E-state index contributed by atoms with van der Waals surface area (Å²) in [6.07, 6.45) is 0. The van der Waals surface area contributed by atoms with E-state index in [4.69, 9.17) is 21.1 Å². The number of nitriles is 1. The van der Waals surface area contributed by atoms with E-state index >= 15 is 0 Å². The largest absolute Gasteiger partial charge is 0.488 e. The molecule has 1 aliphatic heterocycles. The van der Waals surface area contributed by atoms with E-state index in [0.717, 1.165) is 33.4 Å². The quantitative estimate of drug-likeness (QED) is 0.231. The molecule has 1 fully saturated rings. The van der Waals surface area contributed by atoms with E-state index in [2.05, 4.69) is 31.2 Å². The molecule has 0 unspecified atom stereocenters. The van der Waals surface area contributed by atoms with Crippen molar-refractivity contribution < 1.29 is 19.4 Å². The molecule has 0 atom stereocenters. The predicted octanol–water partition coefficient (Wildman–Crippen LogP) is 6.86. The number of carboxylic acids is 1. The lowest BCUT2D eigenvalue weighted by atomic mass is 9.97. The van der Waals surface area contributed by atoms with Gasteiger partial charge in [-0.2, -0.15) is 5.26 Å². The summed E-state index contributed by atoms with van der Waals surface area (Å²) in [5, 5.41) is 18.9. The fourth-order valence-corrected chi connectivity index (χ4v) is 5.10. The number of nitrogens with zero attached hydrogens (tertiary/aromatic N) is 2. The molecule has 4 aromatic rings. The van der Waals surface area contributed by atoms with Crippen LogP contribution in [0.25, 0.3) is 11.1 Å². The summed E-state index contributed by atoms with van der Waals surface area (Å²) in [7, 11) is 0. The first-order chi connectivity index (χ1) is 19.4. The lowest BCUT2D eigenvalue weighted by molar-refractivity contribution is -0.147. The normalized spacial score (nSPS) is 13.3. The van der Waals surface area contributed by atoms with Gasteiger partial charge in [0, 0.05) is 31.3 Å². The average Bonchev–Trinajstić information content (AvgIpc) is 2.94. The lowest BCUT2D eigenvalue weighted by Crippen LogP contribution is -2.49. The SMILES string of the molecule is Cc1c(COc2cc(OCc3cccc(C#N)c3)c(CN3CC(C(=O)O)C3)cc2Cl)cccc1-c1ccccc1. The predicted molar refractivity (Wildman–Crippen MR) is 154 cm³/mol. The van der Waals surface area contributed by atoms with Gasteiger partial charge >= 0.3 is 5.97 Å². The van der Waals surface area contributed by atoms with Crippen molar-refractivity contribution in [2.75, 3.05) is 13.1 Å². The number of aliphatic carboxylic acids is 1. The Morgan fingerprint density at radius 1 is 0.950 bits per heavy atom. The minimum Gasteiger partial charge on any atom is -0.488 e. The third-order valence-corrected chi connectivity index (χ3v) is 7.48. The van der Waals surface area contributed by atoms with Gasteiger partial charge in [-0.3, -0.25) is 9.69 Å². The Kier molecular flexibility index (Phi) is 8.35. The van der Waals surface area contributed by atoms with Crippen LogP contribution in [-0.4, -0.2) is 29.1 Å². The molecule has 5 rings (SSSR count). The van der Waals surface area contributed by atoms with Gasteiger partial charge in [-0.15, -0.1) is 0 Å². The monoisotopic (exact) mass is 552 g/mol. The number of hydrogen-bond donors (Lipinski definition) is 1. The molecular weight excluding hydrogens is 524 g/mol. The minimum absolute atomic E-state index is 0.263. The third kappa shape index (κ3) is 6.28. The van der Waals surface area contributed by atoms with E-state index in [0.29, 0.717) is 48.3 Å². The maximum atomic E-state index is 11.3. The molecule has 0 spiro atoms. The van der Waals surface area contributed by atoms with Gasteiger partial charge in [0.1, 0.15) is 24.7 Å².